The fourth-order valence-electron chi connectivity index (χ4n) is 1.65. The van der Waals surface area contributed by atoms with Gasteiger partial charge in [0, 0.05) is 11.6 Å². The highest BCUT2D eigenvalue weighted by molar-refractivity contribution is 7.09. The van der Waals surface area contributed by atoms with Gasteiger partial charge in [-0.05, 0) is 25.7 Å². The van der Waals surface area contributed by atoms with Gasteiger partial charge >= 0.3 is 6.03 Å². The molecule has 1 heterocycles. The average molecular weight is 255 g/mol. The highest BCUT2D eigenvalue weighted by Crippen LogP contribution is 2.41. The second kappa shape index (κ2) is 5.46. The van der Waals surface area contributed by atoms with Crippen LogP contribution in [0.25, 0.3) is 0 Å². The van der Waals surface area contributed by atoms with Crippen molar-refractivity contribution in [3.8, 4) is 0 Å². The van der Waals surface area contributed by atoms with Crippen LogP contribution in [0.5, 0.6) is 0 Å². The van der Waals surface area contributed by atoms with Gasteiger partial charge in [0.05, 0.1) is 18.7 Å². The molecule has 0 saturated heterocycles. The second-order valence-electron chi connectivity index (χ2n) is 4.39. The summed E-state index contributed by atoms with van der Waals surface area (Å²) in [6.45, 7) is 1.70. The highest BCUT2D eigenvalue weighted by atomic mass is 32.1. The molecule has 1 aromatic rings. The first kappa shape index (κ1) is 12.3. The topological polar surface area (TPSA) is 74.2 Å². The van der Waals surface area contributed by atoms with Crippen molar-refractivity contribution in [3.63, 3.8) is 0 Å². The fraction of sp³-hybridized carbons (Fsp3) is 0.636. The number of aliphatic hydroxyl groups is 1. The maximum atomic E-state index is 11.7. The average Bonchev–Trinajstić information content (AvgIpc) is 3.00. The van der Waals surface area contributed by atoms with Crippen LogP contribution in [-0.4, -0.2) is 28.8 Å². The molecule has 1 unspecified atom stereocenters. The van der Waals surface area contributed by atoms with Crippen LogP contribution in [0.3, 0.4) is 0 Å². The lowest BCUT2D eigenvalue weighted by molar-refractivity contribution is 0.216. The third kappa shape index (κ3) is 3.41. The van der Waals surface area contributed by atoms with E-state index in [1.807, 2.05) is 5.38 Å². The number of hydrogen-bond donors (Lipinski definition) is 3. The Balaban J connectivity index is 1.92. The van der Waals surface area contributed by atoms with Crippen molar-refractivity contribution in [1.29, 1.82) is 0 Å². The molecule has 0 spiro atoms. The van der Waals surface area contributed by atoms with Gasteiger partial charge in [-0.15, -0.1) is 11.3 Å². The molecule has 0 aliphatic heterocycles. The molecule has 1 aliphatic carbocycles. The summed E-state index contributed by atoms with van der Waals surface area (Å²) in [7, 11) is 0. The van der Waals surface area contributed by atoms with E-state index < -0.39 is 0 Å². The molecule has 0 aromatic carbocycles. The molecule has 3 N–H and O–H groups in total. The zero-order valence-electron chi connectivity index (χ0n) is 9.72. The summed E-state index contributed by atoms with van der Waals surface area (Å²) >= 11 is 1.56. The molecule has 2 amide bonds. The highest BCUT2D eigenvalue weighted by Gasteiger charge is 2.35. The Morgan fingerprint density at radius 1 is 1.65 bits per heavy atom. The number of aromatic nitrogens is 1. The van der Waals surface area contributed by atoms with Gasteiger partial charge in [0.2, 0.25) is 0 Å². The maximum Gasteiger partial charge on any atom is 0.315 e. The smallest absolute Gasteiger partial charge is 0.315 e. The molecule has 0 radical (unpaired) electrons. The van der Waals surface area contributed by atoms with Gasteiger partial charge in [-0.2, -0.15) is 0 Å². The lowest BCUT2D eigenvalue weighted by Gasteiger charge is -2.18. The van der Waals surface area contributed by atoms with E-state index in [2.05, 4.69) is 15.6 Å². The molecule has 94 valence electrons. The fourth-order valence-corrected chi connectivity index (χ4v) is 2.43. The number of carbonyl (C=O) groups is 1. The van der Waals surface area contributed by atoms with Crippen LogP contribution in [-0.2, 0) is 0 Å². The molecule has 2 rings (SSSR count). The van der Waals surface area contributed by atoms with Gasteiger partial charge in [-0.1, -0.05) is 0 Å². The van der Waals surface area contributed by atoms with Gasteiger partial charge in [0.1, 0.15) is 5.01 Å². The Hall–Kier alpha value is -1.14. The first-order valence-corrected chi connectivity index (χ1v) is 6.66. The molecule has 1 aromatic heterocycles. The molecule has 2 atom stereocenters. The Kier molecular flexibility index (Phi) is 3.96. The number of nitrogens with zero attached hydrogens (tertiary/aromatic N) is 1. The molecule has 17 heavy (non-hydrogen) atoms. The number of rotatable bonds is 5. The van der Waals surface area contributed by atoms with Crippen LogP contribution in [0.1, 0.15) is 30.8 Å². The Morgan fingerprint density at radius 2 is 2.41 bits per heavy atom. The Labute approximate surface area is 104 Å². The van der Waals surface area contributed by atoms with E-state index in [9.17, 15) is 4.79 Å². The molecule has 1 fully saturated rings. The summed E-state index contributed by atoms with van der Waals surface area (Å²) in [6, 6.07) is -0.453. The molecule has 1 aliphatic rings. The van der Waals surface area contributed by atoms with Crippen molar-refractivity contribution < 1.29 is 9.90 Å². The number of aliphatic hydroxyl groups excluding tert-OH is 1. The summed E-state index contributed by atoms with van der Waals surface area (Å²) in [6.07, 6.45) is 4.03. The van der Waals surface area contributed by atoms with E-state index in [1.54, 1.807) is 24.5 Å². The predicted molar refractivity (Wildman–Crippen MR) is 65.8 cm³/mol. The number of nitrogens with one attached hydrogen (secondary N) is 2. The molecular weight excluding hydrogens is 238 g/mol. The number of amides is 2. The van der Waals surface area contributed by atoms with Crippen LogP contribution in [0.4, 0.5) is 4.79 Å². The van der Waals surface area contributed by atoms with Crippen LogP contribution >= 0.6 is 11.3 Å². The monoisotopic (exact) mass is 255 g/mol. The summed E-state index contributed by atoms with van der Waals surface area (Å²) < 4.78 is 0. The van der Waals surface area contributed by atoms with Gasteiger partial charge in [-0.3, -0.25) is 0 Å². The van der Waals surface area contributed by atoms with Crippen LogP contribution < -0.4 is 10.6 Å². The van der Waals surface area contributed by atoms with Crippen molar-refractivity contribution in [3.05, 3.63) is 16.6 Å². The van der Waals surface area contributed by atoms with E-state index in [0.717, 1.165) is 17.8 Å². The maximum absolute atomic E-state index is 11.7. The zero-order valence-corrected chi connectivity index (χ0v) is 10.5. The van der Waals surface area contributed by atoms with Crippen LogP contribution in [0.15, 0.2) is 11.6 Å². The Morgan fingerprint density at radius 3 is 2.94 bits per heavy atom. The van der Waals surface area contributed by atoms with Gasteiger partial charge in [0.25, 0.3) is 0 Å². The number of urea groups is 1. The van der Waals surface area contributed by atoms with Crippen molar-refractivity contribution in [2.45, 2.75) is 31.8 Å². The van der Waals surface area contributed by atoms with Crippen molar-refractivity contribution in [1.82, 2.24) is 15.6 Å². The van der Waals surface area contributed by atoms with Crippen LogP contribution in [0.2, 0.25) is 0 Å². The molecule has 5 nitrogen and oxygen atoms in total. The largest absolute Gasteiger partial charge is 0.394 e. The van der Waals surface area contributed by atoms with E-state index in [1.165, 1.54) is 0 Å². The minimum atomic E-state index is -0.237. The normalized spacial score (nSPS) is 18.5. The van der Waals surface area contributed by atoms with E-state index in [0.29, 0.717) is 5.92 Å². The summed E-state index contributed by atoms with van der Waals surface area (Å²) in [5, 5.41) is 17.4. The van der Waals surface area contributed by atoms with Crippen LogP contribution in [0, 0.1) is 5.92 Å². The quantitative estimate of drug-likeness (QED) is 0.742. The number of thiazole rings is 1. The van der Waals surface area contributed by atoms with Crippen molar-refractivity contribution >= 4 is 17.4 Å². The minimum absolute atomic E-state index is 0.0147. The van der Waals surface area contributed by atoms with Gasteiger partial charge in [-0.25, -0.2) is 9.78 Å². The van der Waals surface area contributed by atoms with Crippen molar-refractivity contribution in [2.24, 2.45) is 5.92 Å². The second-order valence-corrected chi connectivity index (χ2v) is 5.31. The number of hydrogen-bond acceptors (Lipinski definition) is 4. The molecule has 0 bridgehead atoms. The van der Waals surface area contributed by atoms with E-state index >= 15 is 0 Å². The van der Waals surface area contributed by atoms with Crippen molar-refractivity contribution in [2.75, 3.05) is 6.61 Å². The summed E-state index contributed by atoms with van der Waals surface area (Å²) in [4.78, 5) is 16.0. The number of carbonyl (C=O) groups excluding carboxylic acids is 1. The standard InChI is InChI=1S/C11H17N3O2S/c1-7(6-15)13-11(16)14-9(8-2-3-8)10-12-4-5-17-10/h4-5,7-9,15H,2-3,6H2,1H3,(H2,13,14,16)/t7-,9?/m0/s1. The van der Waals surface area contributed by atoms with E-state index in [-0.39, 0.29) is 24.7 Å². The third-order valence-electron chi connectivity index (χ3n) is 2.75. The molecule has 1 saturated carbocycles. The molecule has 6 heteroatoms. The zero-order chi connectivity index (χ0) is 12.3. The minimum Gasteiger partial charge on any atom is -0.394 e. The first-order chi connectivity index (χ1) is 8.20. The first-order valence-electron chi connectivity index (χ1n) is 5.78. The van der Waals surface area contributed by atoms with Gasteiger partial charge in [0.15, 0.2) is 0 Å². The predicted octanol–water partition coefficient (Wildman–Crippen LogP) is 1.27. The summed E-state index contributed by atoms with van der Waals surface area (Å²) in [5.74, 6) is 0.510. The lowest BCUT2D eigenvalue weighted by atomic mass is 10.2. The van der Waals surface area contributed by atoms with Gasteiger partial charge < -0.3 is 15.7 Å². The van der Waals surface area contributed by atoms with E-state index in [4.69, 9.17) is 5.11 Å². The lowest BCUT2D eigenvalue weighted by Crippen LogP contribution is -2.44. The Bertz CT molecular complexity index is 365. The summed E-state index contributed by atoms with van der Waals surface area (Å²) in [5.41, 5.74) is 0. The molecular formula is C11H17N3O2S. The third-order valence-corrected chi connectivity index (χ3v) is 3.61. The SMILES string of the molecule is C[C@@H](CO)NC(=O)NC(c1nccs1)C1CC1.